The van der Waals surface area contributed by atoms with Crippen molar-refractivity contribution in [3.63, 3.8) is 0 Å². The van der Waals surface area contributed by atoms with Crippen molar-refractivity contribution in [3.8, 4) is 11.1 Å². The van der Waals surface area contributed by atoms with Crippen LogP contribution in [0.3, 0.4) is 0 Å². The molecule has 136 valence electrons. The minimum Gasteiger partial charge on any atom is -0.375 e. The van der Waals surface area contributed by atoms with E-state index < -0.39 is 0 Å². The van der Waals surface area contributed by atoms with E-state index in [9.17, 15) is 0 Å². The monoisotopic (exact) mass is 374 g/mol. The number of nitrogens with two attached hydrogens (primary N) is 1. The van der Waals surface area contributed by atoms with Crippen LogP contribution in [0.2, 0.25) is 0 Å². The molecule has 0 saturated heterocycles. The van der Waals surface area contributed by atoms with Gasteiger partial charge in [-0.1, -0.05) is 60.7 Å². The third kappa shape index (κ3) is 4.99. The Morgan fingerprint density at radius 3 is 2.41 bits per heavy atom. The van der Waals surface area contributed by atoms with Gasteiger partial charge in [0.2, 0.25) is 0 Å². The van der Waals surface area contributed by atoms with Gasteiger partial charge in [-0.25, -0.2) is 5.01 Å². The molecule has 0 spiro atoms. The summed E-state index contributed by atoms with van der Waals surface area (Å²) in [6.45, 7) is 2.67. The maximum absolute atomic E-state index is 5.85. The number of hydrazone groups is 1. The van der Waals surface area contributed by atoms with E-state index >= 15 is 0 Å². The van der Waals surface area contributed by atoms with E-state index in [0.29, 0.717) is 6.54 Å². The number of pyridine rings is 1. The van der Waals surface area contributed by atoms with Crippen molar-refractivity contribution in [2.24, 2.45) is 10.8 Å². The molecule has 2 N–H and O–H groups in total. The highest BCUT2D eigenvalue weighted by Gasteiger charge is 2.08. The number of aromatic nitrogens is 1. The fraction of sp³-hybridized carbons (Fsp3) is 0.136. The molecule has 0 bridgehead atoms. The first-order chi connectivity index (χ1) is 13.1. The molecule has 4 nitrogen and oxygen atoms in total. The molecule has 0 atom stereocenters. The van der Waals surface area contributed by atoms with Crippen LogP contribution >= 0.6 is 12.2 Å². The van der Waals surface area contributed by atoms with Gasteiger partial charge in [0.15, 0.2) is 5.11 Å². The fourth-order valence-electron chi connectivity index (χ4n) is 2.84. The molecule has 3 rings (SSSR count). The van der Waals surface area contributed by atoms with Gasteiger partial charge in [0, 0.05) is 12.7 Å². The number of benzene rings is 2. The number of thiocarbonyl (C=S) groups is 1. The minimum atomic E-state index is 0.249. The molecule has 5 heteroatoms. The van der Waals surface area contributed by atoms with E-state index in [1.807, 2.05) is 49.4 Å². The third-order valence-corrected chi connectivity index (χ3v) is 4.57. The molecule has 0 amide bonds. The maximum Gasteiger partial charge on any atom is 0.186 e. The number of hydrogen-bond donors (Lipinski definition) is 1. The second-order valence-electron chi connectivity index (χ2n) is 6.18. The molecule has 2 aromatic carbocycles. The molecule has 0 fully saturated rings. The van der Waals surface area contributed by atoms with Gasteiger partial charge in [-0.15, -0.1) is 0 Å². The molecular formula is C22H22N4S. The fourth-order valence-corrected chi connectivity index (χ4v) is 2.98. The maximum atomic E-state index is 5.85. The van der Waals surface area contributed by atoms with Crippen LogP contribution in [-0.2, 0) is 6.42 Å². The second kappa shape index (κ2) is 9.05. The molecule has 1 heterocycles. The SMILES string of the molecule is Cc1c(-c2ccccc2)ccnc1/C=N/N(CCc1ccccc1)C(N)=S. The molecule has 0 aliphatic heterocycles. The summed E-state index contributed by atoms with van der Waals surface area (Å²) in [5.41, 5.74) is 11.2. The highest BCUT2D eigenvalue weighted by Crippen LogP contribution is 2.23. The number of nitrogens with zero attached hydrogens (tertiary/aromatic N) is 3. The molecule has 0 radical (unpaired) electrons. The topological polar surface area (TPSA) is 54.5 Å². The first-order valence-electron chi connectivity index (χ1n) is 8.81. The molecule has 0 saturated carbocycles. The van der Waals surface area contributed by atoms with E-state index in [0.717, 1.165) is 28.8 Å². The number of hydrogen-bond acceptors (Lipinski definition) is 3. The second-order valence-corrected chi connectivity index (χ2v) is 6.59. The van der Waals surface area contributed by atoms with Gasteiger partial charge in [-0.2, -0.15) is 5.10 Å². The van der Waals surface area contributed by atoms with Crippen molar-refractivity contribution in [2.75, 3.05) is 6.54 Å². The summed E-state index contributed by atoms with van der Waals surface area (Å²) in [6.07, 6.45) is 4.34. The summed E-state index contributed by atoms with van der Waals surface area (Å²) in [5.74, 6) is 0. The van der Waals surface area contributed by atoms with Crippen LogP contribution in [-0.4, -0.2) is 27.9 Å². The van der Waals surface area contributed by atoms with E-state index in [1.54, 1.807) is 17.4 Å². The van der Waals surface area contributed by atoms with Gasteiger partial charge >= 0.3 is 0 Å². The predicted molar refractivity (Wildman–Crippen MR) is 116 cm³/mol. The first-order valence-corrected chi connectivity index (χ1v) is 9.22. The highest BCUT2D eigenvalue weighted by atomic mass is 32.1. The summed E-state index contributed by atoms with van der Waals surface area (Å²) in [4.78, 5) is 4.45. The largest absolute Gasteiger partial charge is 0.375 e. The van der Waals surface area contributed by atoms with Crippen LogP contribution in [0.5, 0.6) is 0 Å². The Labute approximate surface area is 165 Å². The lowest BCUT2D eigenvalue weighted by molar-refractivity contribution is 0.454. The minimum absolute atomic E-state index is 0.249. The van der Waals surface area contributed by atoms with Crippen molar-refractivity contribution in [1.29, 1.82) is 0 Å². The zero-order valence-corrected chi connectivity index (χ0v) is 16.1. The van der Waals surface area contributed by atoms with Crippen molar-refractivity contribution < 1.29 is 0 Å². The van der Waals surface area contributed by atoms with Crippen molar-refractivity contribution in [3.05, 3.63) is 89.7 Å². The van der Waals surface area contributed by atoms with Crippen LogP contribution in [0.15, 0.2) is 78.0 Å². The van der Waals surface area contributed by atoms with E-state index in [4.69, 9.17) is 18.0 Å². The standard InChI is InChI=1S/C22H22N4S/c1-17-20(19-10-6-3-7-11-19)12-14-24-21(17)16-25-26(22(23)27)15-13-18-8-4-2-5-9-18/h2-12,14,16H,13,15H2,1H3,(H2,23,27)/b25-16+. The molecule has 0 aliphatic rings. The van der Waals surface area contributed by atoms with Gasteiger partial charge in [0.05, 0.1) is 11.9 Å². The van der Waals surface area contributed by atoms with Gasteiger partial charge in [0.1, 0.15) is 0 Å². The lowest BCUT2D eigenvalue weighted by Gasteiger charge is -2.17. The van der Waals surface area contributed by atoms with Crippen LogP contribution in [0.25, 0.3) is 11.1 Å². The van der Waals surface area contributed by atoms with Crippen LogP contribution < -0.4 is 5.73 Å². The van der Waals surface area contributed by atoms with E-state index in [-0.39, 0.29) is 5.11 Å². The van der Waals surface area contributed by atoms with Gasteiger partial charge in [-0.05, 0) is 53.9 Å². The Morgan fingerprint density at radius 1 is 1.07 bits per heavy atom. The van der Waals surface area contributed by atoms with Crippen molar-refractivity contribution >= 4 is 23.5 Å². The lowest BCUT2D eigenvalue weighted by atomic mass is 10.0. The Hall–Kier alpha value is -3.05. The summed E-state index contributed by atoms with van der Waals surface area (Å²) in [7, 11) is 0. The predicted octanol–water partition coefficient (Wildman–Crippen LogP) is 4.18. The summed E-state index contributed by atoms with van der Waals surface area (Å²) in [6, 6.07) is 22.5. The van der Waals surface area contributed by atoms with Gasteiger partial charge in [-0.3, -0.25) is 4.98 Å². The highest BCUT2D eigenvalue weighted by molar-refractivity contribution is 7.80. The summed E-state index contributed by atoms with van der Waals surface area (Å²) < 4.78 is 0. The normalized spacial score (nSPS) is 10.9. The van der Waals surface area contributed by atoms with E-state index in [1.165, 1.54) is 5.56 Å². The Bertz CT molecular complexity index is 924. The smallest absolute Gasteiger partial charge is 0.186 e. The Morgan fingerprint density at radius 2 is 1.74 bits per heavy atom. The Kier molecular flexibility index (Phi) is 6.28. The van der Waals surface area contributed by atoms with Crippen LogP contribution in [0.1, 0.15) is 16.8 Å². The third-order valence-electron chi connectivity index (χ3n) is 4.36. The molecule has 3 aromatic rings. The van der Waals surface area contributed by atoms with Crippen LogP contribution in [0.4, 0.5) is 0 Å². The molecule has 27 heavy (non-hydrogen) atoms. The zero-order valence-electron chi connectivity index (χ0n) is 15.2. The van der Waals surface area contributed by atoms with Crippen molar-refractivity contribution in [2.45, 2.75) is 13.3 Å². The summed E-state index contributed by atoms with van der Waals surface area (Å²) in [5, 5.41) is 6.37. The molecule has 0 aliphatic carbocycles. The van der Waals surface area contributed by atoms with Gasteiger partial charge in [0.25, 0.3) is 0 Å². The number of rotatable bonds is 6. The quantitative estimate of drug-likeness (QED) is 0.399. The average Bonchev–Trinajstić information content (AvgIpc) is 2.70. The first kappa shape index (κ1) is 18.7. The van der Waals surface area contributed by atoms with Crippen LogP contribution in [0, 0.1) is 6.92 Å². The molecule has 1 aromatic heterocycles. The van der Waals surface area contributed by atoms with Crippen molar-refractivity contribution in [1.82, 2.24) is 9.99 Å². The zero-order chi connectivity index (χ0) is 19.1. The summed E-state index contributed by atoms with van der Waals surface area (Å²) >= 11 is 5.15. The van der Waals surface area contributed by atoms with E-state index in [2.05, 4.69) is 34.4 Å². The average molecular weight is 375 g/mol. The molecule has 0 unspecified atom stereocenters. The van der Waals surface area contributed by atoms with Gasteiger partial charge < -0.3 is 5.73 Å². The Balaban J connectivity index is 1.77. The molecular weight excluding hydrogens is 352 g/mol. The lowest BCUT2D eigenvalue weighted by Crippen LogP contribution is -2.32.